The highest BCUT2D eigenvalue weighted by Crippen LogP contribution is 2.37. The van der Waals surface area contributed by atoms with Crippen molar-refractivity contribution >= 4 is 48.6 Å². The number of methoxy groups -OCH3 is 1. The molecule has 0 bridgehead atoms. The van der Waals surface area contributed by atoms with Gasteiger partial charge in [0.1, 0.15) is 9.09 Å². The summed E-state index contributed by atoms with van der Waals surface area (Å²) < 4.78 is 26.5. The van der Waals surface area contributed by atoms with E-state index in [4.69, 9.17) is 22.3 Å². The molecule has 1 heterocycles. The van der Waals surface area contributed by atoms with Gasteiger partial charge in [-0.05, 0) is 12.5 Å². The lowest BCUT2D eigenvalue weighted by Gasteiger charge is -1.94. The van der Waals surface area contributed by atoms with E-state index in [1.165, 1.54) is 14.0 Å². The van der Waals surface area contributed by atoms with Crippen LogP contribution in [0.3, 0.4) is 0 Å². The zero-order chi connectivity index (χ0) is 11.8. The minimum Gasteiger partial charge on any atom is -0.465 e. The molecule has 8 heteroatoms. The lowest BCUT2D eigenvalue weighted by atomic mass is 10.3. The van der Waals surface area contributed by atoms with E-state index < -0.39 is 15.0 Å². The van der Waals surface area contributed by atoms with Crippen LogP contribution in [-0.2, 0) is 13.8 Å². The Hall–Kier alpha value is -0.300. The number of hydrogen-bond donors (Lipinski definition) is 0. The van der Waals surface area contributed by atoms with Crippen LogP contribution in [0.4, 0.5) is 0 Å². The van der Waals surface area contributed by atoms with E-state index in [0.717, 1.165) is 0 Å². The number of carbonyl (C=O) groups is 1. The first-order valence-corrected chi connectivity index (χ1v) is 7.11. The molecule has 1 aromatic rings. The highest BCUT2D eigenvalue weighted by molar-refractivity contribution is 8.15. The third-order valence-corrected chi connectivity index (χ3v) is 5.67. The van der Waals surface area contributed by atoms with E-state index in [1.54, 1.807) is 0 Å². The van der Waals surface area contributed by atoms with E-state index in [1.807, 2.05) is 0 Å². The first-order chi connectivity index (χ1) is 6.79. The molecule has 1 rings (SSSR count). The molecule has 0 N–H and O–H groups in total. The van der Waals surface area contributed by atoms with Gasteiger partial charge in [0, 0.05) is 10.7 Å². The monoisotopic (exact) mass is 288 g/mol. The van der Waals surface area contributed by atoms with Crippen LogP contribution in [0.1, 0.15) is 15.2 Å². The Labute approximate surface area is 100 Å². The summed E-state index contributed by atoms with van der Waals surface area (Å²) in [6.45, 7) is 1.47. The van der Waals surface area contributed by atoms with Crippen molar-refractivity contribution in [3.05, 3.63) is 15.5 Å². The van der Waals surface area contributed by atoms with Gasteiger partial charge in [0.15, 0.2) is 0 Å². The Kier molecular flexibility index (Phi) is 3.65. The molecule has 4 nitrogen and oxygen atoms in total. The smallest absolute Gasteiger partial charge is 0.349 e. The zero-order valence-corrected chi connectivity index (χ0v) is 10.9. The van der Waals surface area contributed by atoms with Gasteiger partial charge < -0.3 is 4.74 Å². The first kappa shape index (κ1) is 12.8. The molecule has 0 aliphatic heterocycles. The lowest BCUT2D eigenvalue weighted by molar-refractivity contribution is 0.0606. The highest BCUT2D eigenvalue weighted by atomic mass is 35.7. The summed E-state index contributed by atoms with van der Waals surface area (Å²) in [7, 11) is 2.47. The zero-order valence-electron chi connectivity index (χ0n) is 7.71. The molecule has 0 spiro atoms. The predicted octanol–water partition coefficient (Wildman–Crippen LogP) is 2.42. The van der Waals surface area contributed by atoms with E-state index in [-0.39, 0.29) is 19.7 Å². The molecule has 0 unspecified atom stereocenters. The normalized spacial score (nSPS) is 11.5. The molecule has 0 atom stereocenters. The molecule has 84 valence electrons. The molecular weight excluding hydrogens is 283 g/mol. The van der Waals surface area contributed by atoms with Crippen molar-refractivity contribution < 1.29 is 17.9 Å². The van der Waals surface area contributed by atoms with Gasteiger partial charge in [-0.2, -0.15) is 0 Å². The number of halogens is 2. The second-order valence-corrected chi connectivity index (χ2v) is 6.75. The number of thiophene rings is 1. The Morgan fingerprint density at radius 1 is 1.47 bits per heavy atom. The van der Waals surface area contributed by atoms with E-state index in [0.29, 0.717) is 11.3 Å². The van der Waals surface area contributed by atoms with Crippen LogP contribution in [0.5, 0.6) is 0 Å². The first-order valence-electron chi connectivity index (χ1n) is 3.61. The fourth-order valence-electron chi connectivity index (χ4n) is 0.931. The van der Waals surface area contributed by atoms with Crippen molar-refractivity contribution in [1.29, 1.82) is 0 Å². The largest absolute Gasteiger partial charge is 0.465 e. The molecule has 0 aliphatic rings. The predicted molar refractivity (Wildman–Crippen MR) is 58.4 cm³/mol. The second kappa shape index (κ2) is 4.29. The average Bonchev–Trinajstić information content (AvgIpc) is 2.42. The number of esters is 1. The van der Waals surface area contributed by atoms with E-state index in [9.17, 15) is 13.2 Å². The summed E-state index contributed by atoms with van der Waals surface area (Å²) in [5.74, 6) is -0.681. The number of ether oxygens (including phenoxy) is 1. The van der Waals surface area contributed by atoms with Gasteiger partial charge in [-0.15, -0.1) is 11.3 Å². The highest BCUT2D eigenvalue weighted by Gasteiger charge is 2.25. The van der Waals surface area contributed by atoms with Crippen LogP contribution in [0.15, 0.2) is 4.21 Å². The molecule has 0 aromatic carbocycles. The summed E-state index contributed by atoms with van der Waals surface area (Å²) in [5.41, 5.74) is 0.261. The maximum atomic E-state index is 11.2. The van der Waals surface area contributed by atoms with Crippen LogP contribution in [0.2, 0.25) is 5.02 Å². The fraction of sp³-hybridized carbons (Fsp3) is 0.286. The van der Waals surface area contributed by atoms with E-state index in [2.05, 4.69) is 4.74 Å². The third-order valence-electron chi connectivity index (χ3n) is 1.62. The van der Waals surface area contributed by atoms with E-state index >= 15 is 0 Å². The Bertz CT molecular complexity index is 503. The van der Waals surface area contributed by atoms with Crippen LogP contribution >= 0.6 is 33.6 Å². The van der Waals surface area contributed by atoms with Gasteiger partial charge in [-0.3, -0.25) is 0 Å². The maximum absolute atomic E-state index is 11.2. The lowest BCUT2D eigenvalue weighted by Crippen LogP contribution is -1.98. The second-order valence-electron chi connectivity index (χ2n) is 2.59. The Morgan fingerprint density at radius 3 is 2.33 bits per heavy atom. The molecule has 0 radical (unpaired) electrons. The van der Waals surface area contributed by atoms with Crippen molar-refractivity contribution in [2.24, 2.45) is 0 Å². The minimum absolute atomic E-state index is 0.0379. The molecule has 0 aliphatic carbocycles. The molecule has 0 fully saturated rings. The molecule has 15 heavy (non-hydrogen) atoms. The number of carbonyl (C=O) groups excluding carboxylic acids is 1. The minimum atomic E-state index is -3.88. The maximum Gasteiger partial charge on any atom is 0.349 e. The van der Waals surface area contributed by atoms with Crippen LogP contribution in [-0.4, -0.2) is 21.5 Å². The van der Waals surface area contributed by atoms with Gasteiger partial charge in [-0.25, -0.2) is 13.2 Å². The standard InChI is InChI=1S/C7H6Cl2O4S2/c1-3-4(8)5(6(10)13-2)14-7(3)15(9,11)12/h1-2H3. The summed E-state index contributed by atoms with van der Waals surface area (Å²) in [4.78, 5) is 11.2. The topological polar surface area (TPSA) is 60.4 Å². The molecule has 0 saturated carbocycles. The molecule has 0 saturated heterocycles. The summed E-state index contributed by atoms with van der Waals surface area (Å²) in [6, 6.07) is 0. The van der Waals surface area contributed by atoms with Gasteiger partial charge in [0.05, 0.1) is 12.1 Å². The van der Waals surface area contributed by atoms with Crippen molar-refractivity contribution in [2.45, 2.75) is 11.1 Å². The summed E-state index contributed by atoms with van der Waals surface area (Å²) in [5, 5.41) is 0.0612. The van der Waals surface area contributed by atoms with Crippen LogP contribution in [0, 0.1) is 6.92 Å². The van der Waals surface area contributed by atoms with Crippen LogP contribution < -0.4 is 0 Å². The quantitative estimate of drug-likeness (QED) is 0.619. The molecule has 1 aromatic heterocycles. The summed E-state index contributed by atoms with van der Waals surface area (Å²) >= 11 is 6.48. The Balaban J connectivity index is 3.44. The van der Waals surface area contributed by atoms with Gasteiger partial charge in [0.25, 0.3) is 9.05 Å². The fourth-order valence-corrected chi connectivity index (χ4v) is 3.93. The number of rotatable bonds is 2. The van der Waals surface area contributed by atoms with Gasteiger partial charge in [-0.1, -0.05) is 11.6 Å². The number of hydrogen-bond acceptors (Lipinski definition) is 5. The van der Waals surface area contributed by atoms with Crippen molar-refractivity contribution in [1.82, 2.24) is 0 Å². The Morgan fingerprint density at radius 2 is 2.00 bits per heavy atom. The molecule has 0 amide bonds. The summed E-state index contributed by atoms with van der Waals surface area (Å²) in [6.07, 6.45) is 0. The van der Waals surface area contributed by atoms with Gasteiger partial charge in [0.2, 0.25) is 0 Å². The average molecular weight is 289 g/mol. The molecular formula is C7H6Cl2O4S2. The van der Waals surface area contributed by atoms with Crippen molar-refractivity contribution in [3.63, 3.8) is 0 Å². The van der Waals surface area contributed by atoms with Crippen molar-refractivity contribution in [3.8, 4) is 0 Å². The van der Waals surface area contributed by atoms with Crippen molar-refractivity contribution in [2.75, 3.05) is 7.11 Å². The van der Waals surface area contributed by atoms with Gasteiger partial charge >= 0.3 is 5.97 Å². The third kappa shape index (κ3) is 2.44. The SMILES string of the molecule is COC(=O)c1sc(S(=O)(=O)Cl)c(C)c1Cl. The van der Waals surface area contributed by atoms with Crippen LogP contribution in [0.25, 0.3) is 0 Å².